The SMILES string of the molecule is CCCSc1nc(NC2CC2c2ccccc2)c2nnn([C@H]3C[C@@H](/C=C/CO)[C@H](O)[C@@H]3O)c2n1. The Morgan fingerprint density at radius 1 is 1.15 bits per heavy atom. The lowest BCUT2D eigenvalue weighted by Gasteiger charge is -2.17. The maximum Gasteiger partial charge on any atom is 0.191 e. The Balaban J connectivity index is 1.45. The van der Waals surface area contributed by atoms with E-state index < -0.39 is 18.2 Å². The van der Waals surface area contributed by atoms with E-state index in [4.69, 9.17) is 15.1 Å². The molecule has 180 valence electrons. The van der Waals surface area contributed by atoms with Crippen LogP contribution in [0.25, 0.3) is 11.2 Å². The van der Waals surface area contributed by atoms with Gasteiger partial charge in [-0.15, -0.1) is 5.10 Å². The van der Waals surface area contributed by atoms with Crippen LogP contribution in [0.1, 0.15) is 43.7 Å². The van der Waals surface area contributed by atoms with Crippen molar-refractivity contribution < 1.29 is 15.3 Å². The summed E-state index contributed by atoms with van der Waals surface area (Å²) >= 11 is 1.58. The summed E-state index contributed by atoms with van der Waals surface area (Å²) in [7, 11) is 0. The highest BCUT2D eigenvalue weighted by Crippen LogP contribution is 2.43. The second kappa shape index (κ2) is 9.99. The quantitative estimate of drug-likeness (QED) is 0.206. The van der Waals surface area contributed by atoms with Crippen molar-refractivity contribution in [1.29, 1.82) is 0 Å². The van der Waals surface area contributed by atoms with Gasteiger partial charge < -0.3 is 20.6 Å². The maximum absolute atomic E-state index is 10.8. The third kappa shape index (κ3) is 4.55. The summed E-state index contributed by atoms with van der Waals surface area (Å²) in [5.41, 5.74) is 2.42. The largest absolute Gasteiger partial charge is 0.392 e. The molecule has 2 aliphatic carbocycles. The Kier molecular flexibility index (Phi) is 6.82. The van der Waals surface area contributed by atoms with Gasteiger partial charge in [-0.3, -0.25) is 0 Å². The molecule has 34 heavy (non-hydrogen) atoms. The number of hydrogen-bond donors (Lipinski definition) is 4. The van der Waals surface area contributed by atoms with Crippen LogP contribution in [0.15, 0.2) is 47.6 Å². The van der Waals surface area contributed by atoms with E-state index in [1.807, 2.05) is 6.07 Å². The smallest absolute Gasteiger partial charge is 0.191 e. The zero-order chi connectivity index (χ0) is 23.7. The van der Waals surface area contributed by atoms with Crippen LogP contribution in [0.3, 0.4) is 0 Å². The Bertz CT molecular complexity index is 1160. The van der Waals surface area contributed by atoms with Crippen molar-refractivity contribution in [3.63, 3.8) is 0 Å². The summed E-state index contributed by atoms with van der Waals surface area (Å²) in [5.74, 6) is 1.70. The fraction of sp³-hybridized carbons (Fsp3) is 0.500. The molecule has 3 aromatic rings. The van der Waals surface area contributed by atoms with Crippen LogP contribution in [-0.4, -0.2) is 70.9 Å². The highest BCUT2D eigenvalue weighted by atomic mass is 32.2. The van der Waals surface area contributed by atoms with Crippen LogP contribution in [0.5, 0.6) is 0 Å². The van der Waals surface area contributed by atoms with Crippen molar-refractivity contribution in [3.8, 4) is 0 Å². The first-order chi connectivity index (χ1) is 16.6. The molecule has 2 heterocycles. The molecule has 10 heteroatoms. The van der Waals surface area contributed by atoms with E-state index in [2.05, 4.69) is 46.8 Å². The van der Waals surface area contributed by atoms with Crippen LogP contribution in [0.4, 0.5) is 5.82 Å². The molecule has 4 N–H and O–H groups in total. The molecule has 0 amide bonds. The zero-order valence-corrected chi connectivity index (χ0v) is 19.8. The summed E-state index contributed by atoms with van der Waals surface area (Å²) in [5, 5.41) is 43.3. The first-order valence-electron chi connectivity index (χ1n) is 11.8. The number of nitrogens with zero attached hydrogens (tertiary/aromatic N) is 5. The molecule has 0 radical (unpaired) electrons. The number of hydrogen-bond acceptors (Lipinski definition) is 9. The van der Waals surface area contributed by atoms with Gasteiger partial charge in [-0.05, 0) is 24.8 Å². The predicted molar refractivity (Wildman–Crippen MR) is 131 cm³/mol. The van der Waals surface area contributed by atoms with Gasteiger partial charge in [0.2, 0.25) is 0 Å². The molecule has 5 rings (SSSR count). The molecule has 0 spiro atoms. The first kappa shape index (κ1) is 23.2. The van der Waals surface area contributed by atoms with Gasteiger partial charge >= 0.3 is 0 Å². The molecule has 0 aliphatic heterocycles. The third-order valence-corrected chi connectivity index (χ3v) is 7.63. The summed E-state index contributed by atoms with van der Waals surface area (Å²) in [6.07, 6.45) is 3.87. The number of rotatable bonds is 9. The summed E-state index contributed by atoms with van der Waals surface area (Å²) in [6.45, 7) is 2.00. The van der Waals surface area contributed by atoms with Crippen LogP contribution >= 0.6 is 11.8 Å². The Labute approximate surface area is 202 Å². The van der Waals surface area contributed by atoms with E-state index >= 15 is 0 Å². The minimum absolute atomic E-state index is 0.109. The lowest BCUT2D eigenvalue weighted by atomic mass is 10.1. The van der Waals surface area contributed by atoms with Crippen molar-refractivity contribution in [1.82, 2.24) is 25.0 Å². The predicted octanol–water partition coefficient (Wildman–Crippen LogP) is 2.52. The lowest BCUT2D eigenvalue weighted by Crippen LogP contribution is -2.29. The fourth-order valence-electron chi connectivity index (χ4n) is 4.70. The molecule has 2 unspecified atom stereocenters. The summed E-state index contributed by atoms with van der Waals surface area (Å²) < 4.78 is 1.63. The standard InChI is InChI=1S/C24H30N6O3S/c1-2-11-34-24-26-22(25-17-13-16(17)14-7-4-3-5-8-14)19-23(27-24)30(29-28-19)18-12-15(9-6-10-31)20(32)21(18)33/h3-9,15-18,20-21,31-33H,2,10-13H2,1H3,(H,25,26,27)/b9-6+/t15-,16?,17?,18+,20+,21-/m1/s1. The monoisotopic (exact) mass is 482 g/mol. The maximum atomic E-state index is 10.8. The Hall–Kier alpha value is -2.53. The average Bonchev–Trinajstić information content (AvgIpc) is 3.41. The minimum atomic E-state index is -1.01. The van der Waals surface area contributed by atoms with Crippen LogP contribution in [0.2, 0.25) is 0 Å². The fourth-order valence-corrected chi connectivity index (χ4v) is 5.40. The normalized spacial score (nSPS) is 28.7. The number of thioether (sulfide) groups is 1. The van der Waals surface area contributed by atoms with Crippen LogP contribution in [-0.2, 0) is 0 Å². The van der Waals surface area contributed by atoms with Gasteiger partial charge in [0, 0.05) is 23.6 Å². The molecule has 0 saturated heterocycles. The molecule has 6 atom stereocenters. The van der Waals surface area contributed by atoms with Crippen molar-refractivity contribution in [2.75, 3.05) is 17.7 Å². The van der Waals surface area contributed by atoms with Gasteiger partial charge in [0.1, 0.15) is 6.10 Å². The number of aromatic nitrogens is 5. The van der Waals surface area contributed by atoms with Gasteiger partial charge in [-0.25, -0.2) is 14.6 Å². The number of nitrogens with one attached hydrogen (secondary N) is 1. The van der Waals surface area contributed by atoms with E-state index in [1.54, 1.807) is 28.6 Å². The van der Waals surface area contributed by atoms with Gasteiger partial charge in [-0.1, -0.05) is 66.4 Å². The van der Waals surface area contributed by atoms with Crippen LogP contribution < -0.4 is 5.32 Å². The number of benzene rings is 1. The highest BCUT2D eigenvalue weighted by Gasteiger charge is 2.43. The number of anilines is 1. The highest BCUT2D eigenvalue weighted by molar-refractivity contribution is 7.99. The topological polar surface area (TPSA) is 129 Å². The Morgan fingerprint density at radius 2 is 1.97 bits per heavy atom. The van der Waals surface area contributed by atoms with Crippen LogP contribution in [0, 0.1) is 5.92 Å². The first-order valence-corrected chi connectivity index (χ1v) is 12.8. The number of aliphatic hydroxyl groups excluding tert-OH is 3. The van der Waals surface area contributed by atoms with Crippen molar-refractivity contribution in [3.05, 3.63) is 48.0 Å². The van der Waals surface area contributed by atoms with Crippen molar-refractivity contribution in [2.45, 2.75) is 61.6 Å². The van der Waals surface area contributed by atoms with Crippen molar-refractivity contribution >= 4 is 28.7 Å². The summed E-state index contributed by atoms with van der Waals surface area (Å²) in [4.78, 5) is 9.48. The molecule has 1 aromatic carbocycles. The minimum Gasteiger partial charge on any atom is -0.392 e. The summed E-state index contributed by atoms with van der Waals surface area (Å²) in [6, 6.07) is 10.2. The third-order valence-electron chi connectivity index (χ3n) is 6.58. The van der Waals surface area contributed by atoms with Gasteiger partial charge in [0.05, 0.1) is 18.8 Å². The molecular weight excluding hydrogens is 452 g/mol. The second-order valence-electron chi connectivity index (χ2n) is 8.97. The lowest BCUT2D eigenvalue weighted by molar-refractivity contribution is 0.0115. The number of aliphatic hydroxyl groups is 3. The molecule has 9 nitrogen and oxygen atoms in total. The Morgan fingerprint density at radius 3 is 2.74 bits per heavy atom. The average molecular weight is 483 g/mol. The zero-order valence-electron chi connectivity index (χ0n) is 19.0. The molecule has 2 aliphatic rings. The molecular formula is C24H30N6O3S. The molecule has 0 bridgehead atoms. The second-order valence-corrected chi connectivity index (χ2v) is 10.0. The number of fused-ring (bicyclic) bond motifs is 1. The van der Waals surface area contributed by atoms with Gasteiger partial charge in [-0.2, -0.15) is 0 Å². The van der Waals surface area contributed by atoms with E-state index in [-0.39, 0.29) is 18.6 Å². The van der Waals surface area contributed by atoms with Gasteiger partial charge in [0.25, 0.3) is 0 Å². The van der Waals surface area contributed by atoms with Crippen molar-refractivity contribution in [2.24, 2.45) is 5.92 Å². The van der Waals surface area contributed by atoms with E-state index in [9.17, 15) is 10.2 Å². The van der Waals surface area contributed by atoms with E-state index in [1.165, 1.54) is 5.56 Å². The molecule has 2 aromatic heterocycles. The van der Waals surface area contributed by atoms with E-state index in [0.717, 1.165) is 18.6 Å². The molecule has 2 fully saturated rings. The van der Waals surface area contributed by atoms with E-state index in [0.29, 0.717) is 34.5 Å². The molecule has 2 saturated carbocycles. The van der Waals surface area contributed by atoms with Gasteiger partial charge in [0.15, 0.2) is 22.1 Å².